The predicted molar refractivity (Wildman–Crippen MR) is 202 cm³/mol. The van der Waals surface area contributed by atoms with Crippen LogP contribution in [0, 0.1) is 35.0 Å². The van der Waals surface area contributed by atoms with Crippen molar-refractivity contribution < 1.29 is 9.47 Å². The van der Waals surface area contributed by atoms with Gasteiger partial charge in [-0.15, -0.1) is 0 Å². The highest BCUT2D eigenvalue weighted by Crippen LogP contribution is 2.47. The molecule has 276 valence electrons. The number of allylic oxidation sites excluding steroid dienone is 1. The minimum absolute atomic E-state index is 0.208. The molecule has 1 saturated carbocycles. The summed E-state index contributed by atoms with van der Waals surface area (Å²) in [6, 6.07) is 2.28. The molecule has 0 aromatic rings. The van der Waals surface area contributed by atoms with E-state index in [9.17, 15) is 0 Å². The van der Waals surface area contributed by atoms with Gasteiger partial charge < -0.3 is 30.7 Å². The SMILES string of the molecule is CC=CC1CC(OC)C(C=CC2CCC(C(C3CCCCN3)(C3CCCCN3)C3CCC(C)CN3)NC2)CC1OCC(CC)CCCC. The van der Waals surface area contributed by atoms with Crippen molar-refractivity contribution in [3.63, 3.8) is 0 Å². The zero-order chi connectivity index (χ0) is 33.8. The molecule has 0 spiro atoms. The van der Waals surface area contributed by atoms with Crippen molar-refractivity contribution in [1.29, 1.82) is 0 Å². The van der Waals surface area contributed by atoms with Crippen LogP contribution < -0.4 is 21.3 Å². The van der Waals surface area contributed by atoms with Gasteiger partial charge in [0.1, 0.15) is 0 Å². The highest BCUT2D eigenvalue weighted by molar-refractivity contribution is 5.16. The molecule has 6 heteroatoms. The first-order valence-corrected chi connectivity index (χ1v) is 20.9. The first-order valence-electron chi connectivity index (χ1n) is 20.9. The van der Waals surface area contributed by atoms with E-state index in [-0.39, 0.29) is 17.6 Å². The van der Waals surface area contributed by atoms with Gasteiger partial charge in [0, 0.05) is 61.7 Å². The summed E-state index contributed by atoms with van der Waals surface area (Å²) in [5.41, 5.74) is 0.208. The van der Waals surface area contributed by atoms with Crippen LogP contribution >= 0.6 is 0 Å². The summed E-state index contributed by atoms with van der Waals surface area (Å²) >= 11 is 0. The predicted octanol–water partition coefficient (Wildman–Crippen LogP) is 7.79. The van der Waals surface area contributed by atoms with Crippen LogP contribution in [-0.4, -0.2) is 76.3 Å². The van der Waals surface area contributed by atoms with Crippen molar-refractivity contribution >= 4 is 0 Å². The molecule has 0 bridgehead atoms. The number of hydrogen-bond acceptors (Lipinski definition) is 6. The number of rotatable bonds is 15. The summed E-state index contributed by atoms with van der Waals surface area (Å²) in [5, 5.41) is 16.7. The van der Waals surface area contributed by atoms with Crippen LogP contribution in [-0.2, 0) is 9.47 Å². The monoisotopic (exact) mass is 669 g/mol. The molecule has 11 atom stereocenters. The normalized spacial score (nSPS) is 39.0. The number of piperidine rings is 4. The van der Waals surface area contributed by atoms with Gasteiger partial charge in [-0.1, -0.05) is 77.2 Å². The van der Waals surface area contributed by atoms with Crippen molar-refractivity contribution in [1.82, 2.24) is 21.3 Å². The Labute approximate surface area is 296 Å². The van der Waals surface area contributed by atoms with Crippen molar-refractivity contribution in [2.24, 2.45) is 35.0 Å². The summed E-state index contributed by atoms with van der Waals surface area (Å²) < 4.78 is 12.9. The average molecular weight is 669 g/mol. The Morgan fingerprint density at radius 3 is 1.92 bits per heavy atom. The van der Waals surface area contributed by atoms with E-state index >= 15 is 0 Å². The number of unbranched alkanes of at least 4 members (excludes halogenated alkanes) is 1. The van der Waals surface area contributed by atoms with Gasteiger partial charge in [0.15, 0.2) is 0 Å². The summed E-state index contributed by atoms with van der Waals surface area (Å²) in [6.45, 7) is 14.7. The molecule has 48 heavy (non-hydrogen) atoms. The maximum Gasteiger partial charge on any atom is 0.0645 e. The van der Waals surface area contributed by atoms with Gasteiger partial charge in [-0.3, -0.25) is 0 Å². The van der Waals surface area contributed by atoms with E-state index in [1.807, 2.05) is 7.11 Å². The lowest BCUT2D eigenvalue weighted by Gasteiger charge is -2.60. The van der Waals surface area contributed by atoms with Gasteiger partial charge >= 0.3 is 0 Å². The third kappa shape index (κ3) is 9.56. The van der Waals surface area contributed by atoms with Gasteiger partial charge in [0.25, 0.3) is 0 Å². The van der Waals surface area contributed by atoms with E-state index in [0.29, 0.717) is 47.8 Å². The molecule has 5 rings (SSSR count). The minimum Gasteiger partial charge on any atom is -0.381 e. The molecule has 1 aliphatic carbocycles. The number of nitrogens with one attached hydrogen (secondary N) is 4. The summed E-state index contributed by atoms with van der Waals surface area (Å²) in [6.07, 6.45) is 30.7. The van der Waals surface area contributed by atoms with Crippen LogP contribution in [0.3, 0.4) is 0 Å². The van der Waals surface area contributed by atoms with E-state index in [2.05, 4.69) is 73.3 Å². The van der Waals surface area contributed by atoms with E-state index in [4.69, 9.17) is 9.47 Å². The maximum absolute atomic E-state index is 6.77. The molecule has 4 aliphatic heterocycles. The van der Waals surface area contributed by atoms with Crippen molar-refractivity contribution in [2.45, 2.75) is 167 Å². The van der Waals surface area contributed by atoms with Crippen LogP contribution in [0.25, 0.3) is 0 Å². The molecule has 6 nitrogen and oxygen atoms in total. The van der Waals surface area contributed by atoms with E-state index < -0.39 is 0 Å². The van der Waals surface area contributed by atoms with Gasteiger partial charge in [-0.25, -0.2) is 0 Å². The highest BCUT2D eigenvalue weighted by atomic mass is 16.5. The molecule has 4 N–H and O–H groups in total. The Hall–Kier alpha value is -0.760. The first-order chi connectivity index (χ1) is 23.5. The third-order valence-corrected chi connectivity index (χ3v) is 13.6. The molecule has 0 radical (unpaired) electrons. The number of hydrogen-bond donors (Lipinski definition) is 4. The lowest BCUT2D eigenvalue weighted by Crippen LogP contribution is -2.74. The topological polar surface area (TPSA) is 66.6 Å². The molecule has 5 aliphatic rings. The van der Waals surface area contributed by atoms with Crippen LogP contribution in [0.1, 0.15) is 130 Å². The summed E-state index contributed by atoms with van der Waals surface area (Å²) in [7, 11) is 1.92. The zero-order valence-electron chi connectivity index (χ0n) is 31.8. The second-order valence-electron chi connectivity index (χ2n) is 16.7. The van der Waals surface area contributed by atoms with Crippen molar-refractivity contribution in [2.75, 3.05) is 39.9 Å². The lowest BCUT2D eigenvalue weighted by atomic mass is 9.57. The molecule has 0 aromatic heterocycles. The van der Waals surface area contributed by atoms with Crippen LogP contribution in [0.4, 0.5) is 0 Å². The maximum atomic E-state index is 6.77. The van der Waals surface area contributed by atoms with Crippen LogP contribution in [0.15, 0.2) is 24.3 Å². The fourth-order valence-corrected chi connectivity index (χ4v) is 10.7. The largest absolute Gasteiger partial charge is 0.381 e. The molecule has 4 heterocycles. The van der Waals surface area contributed by atoms with Crippen LogP contribution in [0.2, 0.25) is 0 Å². The van der Waals surface area contributed by atoms with Crippen LogP contribution in [0.5, 0.6) is 0 Å². The number of methoxy groups -OCH3 is 1. The zero-order valence-corrected chi connectivity index (χ0v) is 31.8. The highest BCUT2D eigenvalue weighted by Gasteiger charge is 2.56. The summed E-state index contributed by atoms with van der Waals surface area (Å²) in [4.78, 5) is 0. The fraction of sp³-hybridized carbons (Fsp3) is 0.905. The van der Waals surface area contributed by atoms with Gasteiger partial charge in [0.05, 0.1) is 12.2 Å². The average Bonchev–Trinajstić information content (AvgIpc) is 3.14. The molecule has 0 amide bonds. The van der Waals surface area contributed by atoms with Gasteiger partial charge in [-0.2, -0.15) is 0 Å². The Bertz CT molecular complexity index is 925. The van der Waals surface area contributed by atoms with Gasteiger partial charge in [0.2, 0.25) is 0 Å². The Kier molecular flexibility index (Phi) is 15.8. The van der Waals surface area contributed by atoms with E-state index in [1.54, 1.807) is 0 Å². The molecule has 4 saturated heterocycles. The third-order valence-electron chi connectivity index (χ3n) is 13.6. The fourth-order valence-electron chi connectivity index (χ4n) is 10.7. The second kappa shape index (κ2) is 19.7. The minimum atomic E-state index is 0.208. The summed E-state index contributed by atoms with van der Waals surface area (Å²) in [5.74, 6) is 2.91. The van der Waals surface area contributed by atoms with Crippen molar-refractivity contribution in [3.05, 3.63) is 24.3 Å². The van der Waals surface area contributed by atoms with Crippen molar-refractivity contribution in [3.8, 4) is 0 Å². The lowest BCUT2D eigenvalue weighted by molar-refractivity contribution is -0.0683. The smallest absolute Gasteiger partial charge is 0.0645 e. The standard InChI is InChI=1S/C42H76N4O2/c1-6-9-15-32(8-3)30-48-37-27-35(36(47-5)26-34(37)14-7-2)21-19-33-20-23-41(46-29-33)42(38-16-10-12-24-43-38,39-17-11-13-25-44-39)40-22-18-31(4)28-45-40/h7,14,19,21,31-41,43-46H,6,8-13,15-18,20,22-30H2,1-5H3. The quantitative estimate of drug-likeness (QED) is 0.134. The molecule has 11 unspecified atom stereocenters. The van der Waals surface area contributed by atoms with E-state index in [0.717, 1.165) is 31.9 Å². The molecule has 5 fully saturated rings. The van der Waals surface area contributed by atoms with Gasteiger partial charge in [-0.05, 0) is 115 Å². The number of ether oxygens (including phenoxy) is 2. The second-order valence-corrected chi connectivity index (χ2v) is 16.7. The molecular formula is C42H76N4O2. The van der Waals surface area contributed by atoms with E-state index in [1.165, 1.54) is 110 Å². The molecular weight excluding hydrogens is 592 g/mol. The Morgan fingerprint density at radius 2 is 1.38 bits per heavy atom. The first kappa shape index (κ1) is 38.5. The Balaban J connectivity index is 1.27. The molecule has 0 aromatic carbocycles. The Morgan fingerprint density at radius 1 is 0.729 bits per heavy atom.